The Hall–Kier alpha value is -3.67. The maximum atomic E-state index is 12.4. The van der Waals surface area contributed by atoms with Crippen LogP contribution in [0.1, 0.15) is 34.6 Å². The van der Waals surface area contributed by atoms with Crippen LogP contribution in [0.5, 0.6) is 0 Å². The van der Waals surface area contributed by atoms with Crippen LogP contribution in [0.2, 0.25) is 0 Å². The minimum absolute atomic E-state index is 0.233. The molecule has 0 saturated carbocycles. The van der Waals surface area contributed by atoms with Gasteiger partial charge < -0.3 is 10.3 Å². The third-order valence-electron chi connectivity index (χ3n) is 4.90. The van der Waals surface area contributed by atoms with Gasteiger partial charge in [-0.1, -0.05) is 36.4 Å². The summed E-state index contributed by atoms with van der Waals surface area (Å²) in [4.78, 5) is 26.1. The minimum Gasteiger partial charge on any atom is -0.345 e. The van der Waals surface area contributed by atoms with Gasteiger partial charge in [-0.25, -0.2) is 4.68 Å². The van der Waals surface area contributed by atoms with Crippen LogP contribution in [-0.4, -0.2) is 20.7 Å². The molecule has 2 N–H and O–H groups in total. The summed E-state index contributed by atoms with van der Waals surface area (Å²) in [6.07, 6.45) is 3.20. The van der Waals surface area contributed by atoms with Crippen molar-refractivity contribution in [1.29, 1.82) is 0 Å². The Kier molecular flexibility index (Phi) is 4.53. The number of pyridine rings is 1. The number of benzene rings is 2. The highest BCUT2D eigenvalue weighted by molar-refractivity contribution is 5.94. The highest BCUT2D eigenvalue weighted by Gasteiger charge is 2.18. The Morgan fingerprint density at radius 2 is 1.89 bits per heavy atom. The van der Waals surface area contributed by atoms with E-state index >= 15 is 0 Å². The van der Waals surface area contributed by atoms with Crippen molar-refractivity contribution in [3.8, 4) is 5.69 Å². The van der Waals surface area contributed by atoms with Crippen LogP contribution in [0.25, 0.3) is 16.5 Å². The number of aromatic nitrogens is 3. The molecule has 4 rings (SSSR count). The zero-order valence-electron chi connectivity index (χ0n) is 15.6. The second kappa shape index (κ2) is 7.15. The van der Waals surface area contributed by atoms with Crippen LogP contribution >= 0.6 is 0 Å². The quantitative estimate of drug-likeness (QED) is 0.575. The zero-order chi connectivity index (χ0) is 19.7. The molecule has 0 aliphatic carbocycles. The van der Waals surface area contributed by atoms with Crippen LogP contribution in [0, 0.1) is 6.92 Å². The summed E-state index contributed by atoms with van der Waals surface area (Å²) in [5.74, 6) is -0.249. The predicted molar refractivity (Wildman–Crippen MR) is 109 cm³/mol. The first-order valence-electron chi connectivity index (χ1n) is 9.07. The van der Waals surface area contributed by atoms with E-state index < -0.39 is 0 Å². The highest BCUT2D eigenvalue weighted by Crippen LogP contribution is 2.26. The van der Waals surface area contributed by atoms with Gasteiger partial charge in [0, 0.05) is 28.9 Å². The minimum atomic E-state index is -0.249. The maximum absolute atomic E-state index is 12.4. The normalized spacial score (nSPS) is 12.1. The molecule has 0 spiro atoms. The van der Waals surface area contributed by atoms with E-state index in [0.717, 1.165) is 27.7 Å². The van der Waals surface area contributed by atoms with Gasteiger partial charge in [-0.15, -0.1) is 0 Å². The summed E-state index contributed by atoms with van der Waals surface area (Å²) in [5, 5.41) is 9.79. The number of hydrogen-bond acceptors (Lipinski definition) is 3. The number of H-pyrrole nitrogens is 1. The number of fused-ring (bicyclic) bond motifs is 1. The van der Waals surface area contributed by atoms with Gasteiger partial charge in [0.1, 0.15) is 0 Å². The molecule has 2 heterocycles. The molecule has 0 radical (unpaired) electrons. The first-order valence-corrected chi connectivity index (χ1v) is 9.07. The fourth-order valence-electron chi connectivity index (χ4n) is 3.39. The molecular weight excluding hydrogens is 352 g/mol. The van der Waals surface area contributed by atoms with Gasteiger partial charge in [-0.2, -0.15) is 5.10 Å². The molecule has 2 aromatic heterocycles. The summed E-state index contributed by atoms with van der Waals surface area (Å²) in [5.41, 5.74) is 3.07. The van der Waals surface area contributed by atoms with E-state index in [2.05, 4.69) is 33.6 Å². The van der Waals surface area contributed by atoms with Crippen molar-refractivity contribution in [2.75, 3.05) is 0 Å². The number of nitrogens with one attached hydrogen (secondary N) is 2. The van der Waals surface area contributed by atoms with Crippen LogP contribution in [0.3, 0.4) is 0 Å². The summed E-state index contributed by atoms with van der Waals surface area (Å²) >= 11 is 0. The lowest BCUT2D eigenvalue weighted by atomic mass is 10.1. The van der Waals surface area contributed by atoms with E-state index in [1.165, 1.54) is 18.3 Å². The number of carbonyl (C=O) groups is 1. The molecular formula is C22H20N4O2. The third kappa shape index (κ3) is 3.20. The van der Waals surface area contributed by atoms with Crippen LogP contribution < -0.4 is 10.9 Å². The van der Waals surface area contributed by atoms with E-state index in [9.17, 15) is 9.59 Å². The number of nitrogens with zero attached hydrogens (tertiary/aromatic N) is 2. The third-order valence-corrected chi connectivity index (χ3v) is 4.90. The van der Waals surface area contributed by atoms with Crippen LogP contribution in [-0.2, 0) is 0 Å². The summed E-state index contributed by atoms with van der Waals surface area (Å²) < 4.78 is 1.90. The fourth-order valence-corrected chi connectivity index (χ4v) is 3.39. The number of hydrogen-bond donors (Lipinski definition) is 2. The van der Waals surface area contributed by atoms with Crippen molar-refractivity contribution in [1.82, 2.24) is 20.1 Å². The average Bonchev–Trinajstić information content (AvgIpc) is 3.09. The van der Waals surface area contributed by atoms with Crippen molar-refractivity contribution < 1.29 is 4.79 Å². The lowest BCUT2D eigenvalue weighted by molar-refractivity contribution is 0.0939. The number of amides is 1. The predicted octanol–water partition coefficient (Wildman–Crippen LogP) is 3.51. The SMILES string of the molecule is Cc1c([C@H](C)NC(=O)c2ccc(=O)[nH]c2)cnn1-c1cccc2ccccc12. The van der Waals surface area contributed by atoms with E-state index in [1.54, 1.807) is 6.20 Å². The molecule has 0 saturated heterocycles. The van der Waals surface area contributed by atoms with Gasteiger partial charge in [0.25, 0.3) is 5.91 Å². The van der Waals surface area contributed by atoms with Crippen LogP contribution in [0.4, 0.5) is 0 Å². The lowest BCUT2D eigenvalue weighted by Gasteiger charge is -2.15. The fraction of sp³-hybridized carbons (Fsp3) is 0.136. The summed E-state index contributed by atoms with van der Waals surface area (Å²) in [6, 6.07) is 16.9. The Morgan fingerprint density at radius 1 is 1.11 bits per heavy atom. The number of aromatic amines is 1. The molecule has 0 aliphatic rings. The second-order valence-electron chi connectivity index (χ2n) is 6.73. The topological polar surface area (TPSA) is 79.8 Å². The number of rotatable bonds is 4. The highest BCUT2D eigenvalue weighted by atomic mass is 16.2. The molecule has 6 heteroatoms. The molecule has 0 bridgehead atoms. The first kappa shape index (κ1) is 17.7. The van der Waals surface area contributed by atoms with Gasteiger partial charge in [0.2, 0.25) is 5.56 Å². The van der Waals surface area contributed by atoms with E-state index in [1.807, 2.05) is 42.8 Å². The summed E-state index contributed by atoms with van der Waals surface area (Å²) in [6.45, 7) is 3.91. The van der Waals surface area contributed by atoms with Crippen molar-refractivity contribution in [3.63, 3.8) is 0 Å². The van der Waals surface area contributed by atoms with Gasteiger partial charge in [0.15, 0.2) is 0 Å². The zero-order valence-corrected chi connectivity index (χ0v) is 15.6. The van der Waals surface area contributed by atoms with E-state index in [-0.39, 0.29) is 17.5 Å². The average molecular weight is 372 g/mol. The van der Waals surface area contributed by atoms with Gasteiger partial charge in [0.05, 0.1) is 23.5 Å². The monoisotopic (exact) mass is 372 g/mol. The molecule has 1 atom stereocenters. The Labute approximate surface area is 161 Å². The molecule has 4 aromatic rings. The Balaban J connectivity index is 1.63. The van der Waals surface area contributed by atoms with Gasteiger partial charge in [-0.3, -0.25) is 9.59 Å². The molecule has 0 aliphatic heterocycles. The van der Waals surface area contributed by atoms with Gasteiger partial charge >= 0.3 is 0 Å². The standard InChI is InChI=1S/C22H20N4O2/c1-14(25-22(28)17-10-11-21(27)23-12-17)19-13-24-26(15(19)2)20-9-5-7-16-6-3-4-8-18(16)20/h3-14H,1-2H3,(H,23,27)(H,25,28)/t14-/m0/s1. The first-order chi connectivity index (χ1) is 13.5. The lowest BCUT2D eigenvalue weighted by Crippen LogP contribution is -2.27. The largest absolute Gasteiger partial charge is 0.345 e. The second-order valence-corrected chi connectivity index (χ2v) is 6.73. The molecule has 28 heavy (non-hydrogen) atoms. The molecule has 0 unspecified atom stereocenters. The summed E-state index contributed by atoms with van der Waals surface area (Å²) in [7, 11) is 0. The van der Waals surface area contributed by atoms with E-state index in [0.29, 0.717) is 5.56 Å². The molecule has 1 amide bonds. The van der Waals surface area contributed by atoms with Crippen molar-refractivity contribution >= 4 is 16.7 Å². The van der Waals surface area contributed by atoms with Crippen molar-refractivity contribution in [3.05, 3.63) is 94.2 Å². The van der Waals surface area contributed by atoms with E-state index in [4.69, 9.17) is 0 Å². The number of carbonyl (C=O) groups excluding carboxylic acids is 1. The smallest absolute Gasteiger partial charge is 0.253 e. The molecule has 6 nitrogen and oxygen atoms in total. The van der Waals surface area contributed by atoms with Crippen LogP contribution in [0.15, 0.2) is 71.8 Å². The molecule has 0 fully saturated rings. The van der Waals surface area contributed by atoms with Gasteiger partial charge in [-0.05, 0) is 31.4 Å². The molecule has 2 aromatic carbocycles. The Bertz CT molecular complexity index is 1200. The van der Waals surface area contributed by atoms with Crippen molar-refractivity contribution in [2.45, 2.75) is 19.9 Å². The Morgan fingerprint density at radius 3 is 2.68 bits per heavy atom. The maximum Gasteiger partial charge on any atom is 0.253 e. The van der Waals surface area contributed by atoms with Crippen molar-refractivity contribution in [2.24, 2.45) is 0 Å². The molecule has 140 valence electrons.